The molecule has 0 aliphatic heterocycles. The van der Waals surface area contributed by atoms with Gasteiger partial charge in [0.1, 0.15) is 0 Å². The van der Waals surface area contributed by atoms with Gasteiger partial charge in [-0.25, -0.2) is 13.1 Å². The van der Waals surface area contributed by atoms with Crippen molar-refractivity contribution in [3.05, 3.63) is 30.3 Å². The molecule has 0 fully saturated rings. The number of hydrogen-bond donors (Lipinski definition) is 2. The predicted octanol–water partition coefficient (Wildman–Crippen LogP) is 1.48. The maximum Gasteiger partial charge on any atom is 0.240 e. The molecule has 4 nitrogen and oxygen atoms in total. The van der Waals surface area contributed by atoms with Gasteiger partial charge in [0, 0.05) is 12.1 Å². The first-order chi connectivity index (χ1) is 7.93. The number of nitrogens with two attached hydrogens (primary N) is 1. The van der Waals surface area contributed by atoms with E-state index in [9.17, 15) is 8.42 Å². The smallest absolute Gasteiger partial charge is 0.240 e. The normalized spacial score (nSPS) is 12.6. The molecule has 5 heteroatoms. The van der Waals surface area contributed by atoms with Crippen LogP contribution in [0.3, 0.4) is 0 Å². The Hall–Kier alpha value is -0.910. The van der Waals surface area contributed by atoms with Gasteiger partial charge in [-0.15, -0.1) is 0 Å². The summed E-state index contributed by atoms with van der Waals surface area (Å²) >= 11 is 0. The third-order valence-corrected chi connectivity index (χ3v) is 4.49. The minimum absolute atomic E-state index is 0.261. The van der Waals surface area contributed by atoms with Crippen LogP contribution in [-0.4, -0.2) is 20.5 Å². The van der Waals surface area contributed by atoms with E-state index in [0.717, 1.165) is 12.8 Å². The Kier molecular flexibility index (Phi) is 4.68. The molecule has 0 aliphatic carbocycles. The zero-order valence-corrected chi connectivity index (χ0v) is 11.1. The largest absolute Gasteiger partial charge is 0.324 e. The van der Waals surface area contributed by atoms with Crippen molar-refractivity contribution in [1.82, 2.24) is 4.72 Å². The van der Waals surface area contributed by atoms with Gasteiger partial charge in [0.05, 0.1) is 4.90 Å². The van der Waals surface area contributed by atoms with Gasteiger partial charge in [0.25, 0.3) is 0 Å². The molecule has 0 heterocycles. The molecule has 0 unspecified atom stereocenters. The van der Waals surface area contributed by atoms with Gasteiger partial charge in [-0.3, -0.25) is 0 Å². The average Bonchev–Trinajstić information content (AvgIpc) is 2.37. The fourth-order valence-corrected chi connectivity index (χ4v) is 2.58. The van der Waals surface area contributed by atoms with Gasteiger partial charge < -0.3 is 5.73 Å². The molecule has 0 radical (unpaired) electrons. The van der Waals surface area contributed by atoms with Crippen LogP contribution in [0.4, 0.5) is 0 Å². The SMILES string of the molecule is CCC(N)(CC)CNS(=O)(=O)c1ccccc1. The summed E-state index contributed by atoms with van der Waals surface area (Å²) in [5.41, 5.74) is 5.58. The molecular formula is C12H20N2O2S. The lowest BCUT2D eigenvalue weighted by molar-refractivity contribution is 0.392. The molecule has 17 heavy (non-hydrogen) atoms. The first-order valence-electron chi connectivity index (χ1n) is 5.77. The van der Waals surface area contributed by atoms with Crippen molar-refractivity contribution in [1.29, 1.82) is 0 Å². The highest BCUT2D eigenvalue weighted by Crippen LogP contribution is 2.12. The summed E-state index contributed by atoms with van der Waals surface area (Å²) in [5, 5.41) is 0. The lowest BCUT2D eigenvalue weighted by Gasteiger charge is -2.26. The van der Waals surface area contributed by atoms with Crippen LogP contribution in [0, 0.1) is 0 Å². The zero-order chi connectivity index (χ0) is 12.9. The first kappa shape index (κ1) is 14.2. The first-order valence-corrected chi connectivity index (χ1v) is 7.25. The van der Waals surface area contributed by atoms with E-state index in [4.69, 9.17) is 5.73 Å². The van der Waals surface area contributed by atoms with Crippen LogP contribution in [0.1, 0.15) is 26.7 Å². The summed E-state index contributed by atoms with van der Waals surface area (Å²) in [4.78, 5) is 0.273. The fourth-order valence-electron chi connectivity index (χ4n) is 1.42. The van der Waals surface area contributed by atoms with Gasteiger partial charge >= 0.3 is 0 Å². The number of sulfonamides is 1. The lowest BCUT2D eigenvalue weighted by atomic mass is 9.95. The number of hydrogen-bond acceptors (Lipinski definition) is 3. The molecular weight excluding hydrogens is 236 g/mol. The van der Waals surface area contributed by atoms with E-state index in [1.807, 2.05) is 13.8 Å². The maximum atomic E-state index is 11.9. The predicted molar refractivity (Wildman–Crippen MR) is 69.1 cm³/mol. The number of rotatable bonds is 6. The molecule has 0 saturated carbocycles. The van der Waals surface area contributed by atoms with E-state index < -0.39 is 15.6 Å². The topological polar surface area (TPSA) is 72.2 Å². The summed E-state index contributed by atoms with van der Waals surface area (Å²) in [6.45, 7) is 4.18. The third-order valence-electron chi connectivity index (χ3n) is 3.08. The molecule has 0 aromatic heterocycles. The second-order valence-electron chi connectivity index (χ2n) is 4.21. The highest BCUT2D eigenvalue weighted by atomic mass is 32.2. The van der Waals surface area contributed by atoms with E-state index in [-0.39, 0.29) is 11.4 Å². The van der Waals surface area contributed by atoms with Crippen LogP contribution in [0.15, 0.2) is 35.2 Å². The van der Waals surface area contributed by atoms with Crippen LogP contribution in [0.5, 0.6) is 0 Å². The van der Waals surface area contributed by atoms with Crippen LogP contribution in [0.2, 0.25) is 0 Å². The molecule has 1 rings (SSSR count). The van der Waals surface area contributed by atoms with Crippen molar-refractivity contribution in [3.63, 3.8) is 0 Å². The van der Waals surface area contributed by atoms with Crippen molar-refractivity contribution < 1.29 is 8.42 Å². The number of benzene rings is 1. The summed E-state index contributed by atoms with van der Waals surface area (Å²) in [6.07, 6.45) is 1.47. The van der Waals surface area contributed by atoms with E-state index in [1.165, 1.54) is 0 Å². The molecule has 0 amide bonds. The van der Waals surface area contributed by atoms with Crippen molar-refractivity contribution >= 4 is 10.0 Å². The van der Waals surface area contributed by atoms with Gasteiger partial charge in [0.15, 0.2) is 0 Å². The number of nitrogens with one attached hydrogen (secondary N) is 1. The molecule has 0 spiro atoms. The van der Waals surface area contributed by atoms with Crippen LogP contribution < -0.4 is 10.5 Å². The summed E-state index contributed by atoms with van der Waals surface area (Å²) in [6, 6.07) is 8.31. The quantitative estimate of drug-likeness (QED) is 0.810. The van der Waals surface area contributed by atoms with Crippen LogP contribution >= 0.6 is 0 Å². The Morgan fingerprint density at radius 2 is 1.71 bits per heavy atom. The van der Waals surface area contributed by atoms with E-state index in [1.54, 1.807) is 30.3 Å². The Balaban J connectivity index is 2.76. The van der Waals surface area contributed by atoms with E-state index in [2.05, 4.69) is 4.72 Å². The van der Waals surface area contributed by atoms with Gasteiger partial charge in [-0.05, 0) is 25.0 Å². The molecule has 0 saturated heterocycles. The van der Waals surface area contributed by atoms with Crippen LogP contribution in [-0.2, 0) is 10.0 Å². The van der Waals surface area contributed by atoms with Gasteiger partial charge in [-0.1, -0.05) is 32.0 Å². The van der Waals surface area contributed by atoms with Crippen molar-refractivity contribution in [2.45, 2.75) is 37.1 Å². The third kappa shape index (κ3) is 3.80. The van der Waals surface area contributed by atoms with Crippen LogP contribution in [0.25, 0.3) is 0 Å². The van der Waals surface area contributed by atoms with Gasteiger partial charge in [-0.2, -0.15) is 0 Å². The van der Waals surface area contributed by atoms with Crippen molar-refractivity contribution in [2.24, 2.45) is 5.73 Å². The standard InChI is InChI=1S/C12H20N2O2S/c1-3-12(13,4-2)10-14-17(15,16)11-8-6-5-7-9-11/h5-9,14H,3-4,10,13H2,1-2H3. The highest BCUT2D eigenvalue weighted by Gasteiger charge is 2.23. The molecule has 1 aromatic carbocycles. The Labute approximate surface area is 103 Å². The minimum Gasteiger partial charge on any atom is -0.324 e. The second-order valence-corrected chi connectivity index (χ2v) is 5.97. The Morgan fingerprint density at radius 1 is 1.18 bits per heavy atom. The van der Waals surface area contributed by atoms with E-state index >= 15 is 0 Å². The van der Waals surface area contributed by atoms with E-state index in [0.29, 0.717) is 0 Å². The average molecular weight is 256 g/mol. The molecule has 0 atom stereocenters. The fraction of sp³-hybridized carbons (Fsp3) is 0.500. The summed E-state index contributed by atoms with van der Waals surface area (Å²) < 4.78 is 26.5. The molecule has 96 valence electrons. The molecule has 1 aromatic rings. The monoisotopic (exact) mass is 256 g/mol. The Bertz CT molecular complexity index is 439. The lowest BCUT2D eigenvalue weighted by Crippen LogP contribution is -2.49. The molecule has 3 N–H and O–H groups in total. The molecule has 0 bridgehead atoms. The minimum atomic E-state index is -3.44. The van der Waals surface area contributed by atoms with Crippen molar-refractivity contribution in [2.75, 3.05) is 6.54 Å². The zero-order valence-electron chi connectivity index (χ0n) is 10.3. The van der Waals surface area contributed by atoms with Crippen molar-refractivity contribution in [3.8, 4) is 0 Å². The van der Waals surface area contributed by atoms with Gasteiger partial charge in [0.2, 0.25) is 10.0 Å². The summed E-state index contributed by atoms with van der Waals surface area (Å²) in [5.74, 6) is 0. The highest BCUT2D eigenvalue weighted by molar-refractivity contribution is 7.89. The summed E-state index contributed by atoms with van der Waals surface area (Å²) in [7, 11) is -3.44. The maximum absolute atomic E-state index is 11.9. The Morgan fingerprint density at radius 3 is 2.18 bits per heavy atom. The molecule has 0 aliphatic rings. The second kappa shape index (κ2) is 5.62.